The lowest BCUT2D eigenvalue weighted by molar-refractivity contribution is -0.870. The molecule has 1 aromatic carbocycles. The Hall–Kier alpha value is -0.820. The Balaban J connectivity index is 2.37. The Morgan fingerprint density at radius 3 is 3.00 bits per heavy atom. The first kappa shape index (κ1) is 7.81. The molecule has 1 heterocycles. The van der Waals surface area contributed by atoms with Crippen LogP contribution in [0.1, 0.15) is 16.7 Å². The van der Waals surface area contributed by atoms with Crippen molar-refractivity contribution in [3.63, 3.8) is 0 Å². The summed E-state index contributed by atoms with van der Waals surface area (Å²) in [6.07, 6.45) is 1.19. The third kappa shape index (κ3) is 1.37. The lowest BCUT2D eigenvalue weighted by atomic mass is 9.98. The van der Waals surface area contributed by atoms with E-state index in [1.807, 2.05) is 0 Å². The maximum absolute atomic E-state index is 4.04. The second kappa shape index (κ2) is 2.91. The third-order valence-corrected chi connectivity index (χ3v) is 2.55. The number of rotatable bonds is 0. The molecule has 1 N–H and O–H groups in total. The molecule has 1 aromatic rings. The first-order valence-corrected chi connectivity index (χ1v) is 4.51. The monoisotopic (exact) mass is 161 g/mol. The minimum atomic E-state index is 1.09. The molecule has 0 fully saturated rings. The van der Waals surface area contributed by atoms with E-state index in [1.54, 1.807) is 0 Å². The fraction of sp³-hybridized carbons (Fsp3) is 0.364. The van der Waals surface area contributed by atoms with Gasteiger partial charge in [0, 0.05) is 12.0 Å². The van der Waals surface area contributed by atoms with Crippen molar-refractivity contribution in [3.05, 3.63) is 41.9 Å². The summed E-state index contributed by atoms with van der Waals surface area (Å²) < 4.78 is 0. The molecule has 0 bridgehead atoms. The highest BCUT2D eigenvalue weighted by molar-refractivity contribution is 5.31. The zero-order valence-electron chi connectivity index (χ0n) is 7.56. The van der Waals surface area contributed by atoms with Crippen molar-refractivity contribution >= 4 is 0 Å². The predicted octanol–water partition coefficient (Wildman–Crippen LogP) is 0.728. The maximum Gasteiger partial charge on any atom is 0.0790 e. The number of aryl methyl sites for hydroxylation is 1. The van der Waals surface area contributed by atoms with E-state index in [9.17, 15) is 0 Å². The molecule has 1 heteroatoms. The maximum atomic E-state index is 4.04. The zero-order chi connectivity index (χ0) is 8.55. The van der Waals surface area contributed by atoms with Gasteiger partial charge in [0.05, 0.1) is 13.1 Å². The largest absolute Gasteiger partial charge is 0.464 e. The molecule has 1 atom stereocenters. The Labute approximate surface area is 74.0 Å². The SMILES string of the molecule is [CH2-][NH+]1CCc2cc(C)ccc2C1. The summed E-state index contributed by atoms with van der Waals surface area (Å²) in [5.41, 5.74) is 4.39. The van der Waals surface area contributed by atoms with Gasteiger partial charge in [-0.05, 0) is 12.5 Å². The van der Waals surface area contributed by atoms with Crippen molar-refractivity contribution < 1.29 is 4.90 Å². The van der Waals surface area contributed by atoms with E-state index in [2.05, 4.69) is 32.2 Å². The molecule has 1 unspecified atom stereocenters. The molecule has 0 amide bonds. The second-order valence-electron chi connectivity index (χ2n) is 3.70. The zero-order valence-corrected chi connectivity index (χ0v) is 7.56. The molecule has 0 radical (unpaired) electrons. The predicted molar refractivity (Wildman–Crippen MR) is 49.8 cm³/mol. The van der Waals surface area contributed by atoms with E-state index in [1.165, 1.54) is 34.6 Å². The smallest absolute Gasteiger partial charge is 0.0790 e. The molecule has 2 rings (SSSR count). The molecule has 0 spiro atoms. The van der Waals surface area contributed by atoms with Gasteiger partial charge in [-0.3, -0.25) is 0 Å². The summed E-state index contributed by atoms with van der Waals surface area (Å²) in [4.78, 5) is 1.38. The number of hydrogen-bond acceptors (Lipinski definition) is 0. The number of fused-ring (bicyclic) bond motifs is 1. The van der Waals surface area contributed by atoms with Crippen molar-refractivity contribution in [2.24, 2.45) is 0 Å². The first-order valence-electron chi connectivity index (χ1n) is 4.51. The summed E-state index contributed by atoms with van der Waals surface area (Å²) in [6, 6.07) is 6.74. The van der Waals surface area contributed by atoms with Crippen molar-refractivity contribution in [1.82, 2.24) is 0 Å². The molecule has 1 aliphatic rings. The van der Waals surface area contributed by atoms with E-state index in [-0.39, 0.29) is 0 Å². The van der Waals surface area contributed by atoms with E-state index in [0.717, 1.165) is 6.54 Å². The topological polar surface area (TPSA) is 4.44 Å². The molecular formula is C11H15N. The summed E-state index contributed by atoms with van der Waals surface area (Å²) in [7, 11) is 4.04. The van der Waals surface area contributed by atoms with Crippen molar-refractivity contribution in [1.29, 1.82) is 0 Å². The van der Waals surface area contributed by atoms with Gasteiger partial charge in [0.1, 0.15) is 0 Å². The fourth-order valence-electron chi connectivity index (χ4n) is 1.83. The highest BCUT2D eigenvalue weighted by Gasteiger charge is 2.12. The molecule has 0 aromatic heterocycles. The van der Waals surface area contributed by atoms with Crippen LogP contribution in [-0.4, -0.2) is 6.54 Å². The average Bonchev–Trinajstić information content (AvgIpc) is 2.05. The highest BCUT2D eigenvalue weighted by atomic mass is 15.1. The molecule has 12 heavy (non-hydrogen) atoms. The summed E-state index contributed by atoms with van der Waals surface area (Å²) in [5.74, 6) is 0. The van der Waals surface area contributed by atoms with Crippen molar-refractivity contribution in [2.75, 3.05) is 6.54 Å². The first-order chi connectivity index (χ1) is 5.75. The second-order valence-corrected chi connectivity index (χ2v) is 3.70. The van der Waals surface area contributed by atoms with Crippen LogP contribution in [0.4, 0.5) is 0 Å². The lowest BCUT2D eigenvalue weighted by Gasteiger charge is -2.27. The number of benzene rings is 1. The van der Waals surface area contributed by atoms with Crippen molar-refractivity contribution in [2.45, 2.75) is 19.9 Å². The van der Waals surface area contributed by atoms with E-state index in [4.69, 9.17) is 0 Å². The molecule has 64 valence electrons. The van der Waals surface area contributed by atoms with Crippen LogP contribution in [0.5, 0.6) is 0 Å². The van der Waals surface area contributed by atoms with Gasteiger partial charge in [-0.25, -0.2) is 0 Å². The van der Waals surface area contributed by atoms with E-state index >= 15 is 0 Å². The molecular weight excluding hydrogens is 146 g/mol. The van der Waals surface area contributed by atoms with Crippen LogP contribution in [-0.2, 0) is 13.0 Å². The van der Waals surface area contributed by atoms with E-state index in [0.29, 0.717) is 0 Å². The van der Waals surface area contributed by atoms with Gasteiger partial charge in [0.2, 0.25) is 0 Å². The quantitative estimate of drug-likeness (QED) is 0.535. The van der Waals surface area contributed by atoms with Gasteiger partial charge in [-0.15, -0.1) is 0 Å². The van der Waals surface area contributed by atoms with Crippen molar-refractivity contribution in [3.8, 4) is 0 Å². The summed E-state index contributed by atoms with van der Waals surface area (Å²) in [6.45, 7) is 4.43. The minimum Gasteiger partial charge on any atom is -0.464 e. The molecule has 0 aliphatic carbocycles. The minimum absolute atomic E-state index is 1.09. The van der Waals surface area contributed by atoms with Crippen LogP contribution in [0, 0.1) is 14.0 Å². The lowest BCUT2D eigenvalue weighted by Crippen LogP contribution is -3.06. The molecule has 1 nitrogen and oxygen atoms in total. The Morgan fingerprint density at radius 1 is 1.33 bits per heavy atom. The van der Waals surface area contributed by atoms with Crippen LogP contribution in [0.25, 0.3) is 0 Å². The van der Waals surface area contributed by atoms with Crippen LogP contribution < -0.4 is 4.90 Å². The molecule has 0 saturated carbocycles. The van der Waals surface area contributed by atoms with Crippen LogP contribution in [0.3, 0.4) is 0 Å². The van der Waals surface area contributed by atoms with Crippen LogP contribution >= 0.6 is 0 Å². The Bertz CT molecular complexity index is 291. The molecule has 0 saturated heterocycles. The molecule has 1 aliphatic heterocycles. The van der Waals surface area contributed by atoms with Gasteiger partial charge < -0.3 is 4.90 Å². The Kier molecular flexibility index (Phi) is 1.89. The van der Waals surface area contributed by atoms with Gasteiger partial charge in [-0.2, -0.15) is 7.05 Å². The third-order valence-electron chi connectivity index (χ3n) is 2.55. The van der Waals surface area contributed by atoms with E-state index < -0.39 is 0 Å². The Morgan fingerprint density at radius 2 is 2.17 bits per heavy atom. The van der Waals surface area contributed by atoms with Crippen LogP contribution in [0.2, 0.25) is 0 Å². The van der Waals surface area contributed by atoms with Gasteiger partial charge in [0.15, 0.2) is 0 Å². The highest BCUT2D eigenvalue weighted by Crippen LogP contribution is 2.13. The average molecular weight is 161 g/mol. The summed E-state index contributed by atoms with van der Waals surface area (Å²) in [5, 5.41) is 0. The number of hydrogen-bond donors (Lipinski definition) is 1. The normalized spacial score (nSPS) is 22.0. The van der Waals surface area contributed by atoms with Gasteiger partial charge in [-0.1, -0.05) is 23.8 Å². The number of quaternary nitrogens is 1. The summed E-state index contributed by atoms with van der Waals surface area (Å²) >= 11 is 0. The number of nitrogens with one attached hydrogen (secondary N) is 1. The van der Waals surface area contributed by atoms with Gasteiger partial charge in [0.25, 0.3) is 0 Å². The van der Waals surface area contributed by atoms with Gasteiger partial charge >= 0.3 is 0 Å². The van der Waals surface area contributed by atoms with Crippen LogP contribution in [0.15, 0.2) is 18.2 Å². The fourth-order valence-corrected chi connectivity index (χ4v) is 1.83. The standard InChI is InChI=1S/C11H15N/c1-9-3-4-11-8-12(2)6-5-10(11)7-9/h3-4,7,12H,2,5-6,8H2,1H3.